The molecule has 0 N–H and O–H groups in total. The quantitative estimate of drug-likeness (QED) is 0.384. The molecule has 20 heavy (non-hydrogen) atoms. The van der Waals surface area contributed by atoms with Crippen LogP contribution in [0.3, 0.4) is 0 Å². The number of aryl methyl sites for hydroxylation is 1. The number of aliphatic imine (C=N–C) groups is 1. The standard InChI is InChI=1S/C13H12N.C5H.Fe/c1-11-6-8-13(9-7-11)14-10-12-4-2-3-5-12;1-2-4-5-3-1;/h2-10H,1H3;1H;/q-1;-5;. The molecule has 3 aromatic carbocycles. The van der Waals surface area contributed by atoms with Gasteiger partial charge in [-0.1, -0.05) is 17.7 Å². The van der Waals surface area contributed by atoms with Gasteiger partial charge >= 0.3 is 0 Å². The Hall–Kier alpha value is -1.89. The van der Waals surface area contributed by atoms with Crippen LogP contribution in [0.5, 0.6) is 0 Å². The number of nitrogens with zero attached hydrogens (tertiary/aromatic N) is 1. The second kappa shape index (κ2) is 9.08. The third-order valence-electron chi connectivity index (χ3n) is 2.44. The van der Waals surface area contributed by atoms with Crippen molar-refractivity contribution in [1.82, 2.24) is 0 Å². The fraction of sp³-hybridized carbons (Fsp3) is 0.0556. The summed E-state index contributed by atoms with van der Waals surface area (Å²) in [6.45, 7) is 2.07. The maximum atomic E-state index is 4.36. The molecule has 0 heterocycles. The van der Waals surface area contributed by atoms with Crippen molar-refractivity contribution < 1.29 is 17.1 Å². The van der Waals surface area contributed by atoms with E-state index in [1.807, 2.05) is 42.6 Å². The van der Waals surface area contributed by atoms with Crippen molar-refractivity contribution in [1.29, 1.82) is 0 Å². The van der Waals surface area contributed by atoms with Gasteiger partial charge in [0.1, 0.15) is 0 Å². The van der Waals surface area contributed by atoms with E-state index < -0.39 is 0 Å². The summed E-state index contributed by atoms with van der Waals surface area (Å²) >= 11 is 0. The van der Waals surface area contributed by atoms with Crippen molar-refractivity contribution in [3.05, 3.63) is 90.0 Å². The first-order valence-corrected chi connectivity index (χ1v) is 6.00. The molecule has 0 spiro atoms. The van der Waals surface area contributed by atoms with E-state index >= 15 is 0 Å². The van der Waals surface area contributed by atoms with Crippen LogP contribution in [0, 0.1) is 31.2 Å². The van der Waals surface area contributed by atoms with Gasteiger partial charge in [0.05, 0.1) is 5.69 Å². The van der Waals surface area contributed by atoms with Gasteiger partial charge in [-0.3, -0.25) is 4.99 Å². The second-order valence-electron chi connectivity index (χ2n) is 3.99. The van der Waals surface area contributed by atoms with Crippen molar-refractivity contribution in [2.24, 2.45) is 4.99 Å². The molecule has 2 heteroatoms. The Kier molecular flexibility index (Phi) is 7.34. The topological polar surface area (TPSA) is 12.4 Å². The molecule has 0 bridgehead atoms. The first-order chi connectivity index (χ1) is 9.34. The zero-order valence-corrected chi connectivity index (χ0v) is 12.2. The number of rotatable bonds is 2. The molecule has 0 radical (unpaired) electrons. The average Bonchev–Trinajstić information content (AvgIpc) is 3.14. The molecule has 0 aliphatic heterocycles. The molecule has 104 valence electrons. The van der Waals surface area contributed by atoms with Gasteiger partial charge in [0.15, 0.2) is 0 Å². The van der Waals surface area contributed by atoms with E-state index in [1.165, 1.54) is 5.56 Å². The fourth-order valence-electron chi connectivity index (χ4n) is 1.44. The van der Waals surface area contributed by atoms with Crippen molar-refractivity contribution in [2.45, 2.75) is 6.92 Å². The van der Waals surface area contributed by atoms with Crippen LogP contribution in [0.15, 0.2) is 59.6 Å². The summed E-state index contributed by atoms with van der Waals surface area (Å²) in [7, 11) is 0. The fourth-order valence-corrected chi connectivity index (χ4v) is 1.44. The molecule has 0 amide bonds. The molecule has 0 aliphatic rings. The maximum absolute atomic E-state index is 4.36. The predicted octanol–water partition coefficient (Wildman–Crippen LogP) is 4.07. The summed E-state index contributed by atoms with van der Waals surface area (Å²) in [6, 6.07) is 28.3. The van der Waals surface area contributed by atoms with Gasteiger partial charge in [0.25, 0.3) is 0 Å². The SMILES string of the molecule is Cc1ccc(N=C[c-]2cccc2)cc1.[Fe].[c-]1[c-][c-][cH-][c-]1. The Balaban J connectivity index is 0.000000283. The Morgan fingerprint density at radius 2 is 1.65 bits per heavy atom. The van der Waals surface area contributed by atoms with Crippen LogP contribution in [-0.4, -0.2) is 6.21 Å². The molecule has 0 saturated carbocycles. The maximum Gasteiger partial charge on any atom is 0.0617 e. The van der Waals surface area contributed by atoms with E-state index in [0.717, 1.165) is 11.3 Å². The largest absolute Gasteiger partial charge is 0.999 e. The first kappa shape index (κ1) is 16.2. The van der Waals surface area contributed by atoms with Crippen LogP contribution in [0.1, 0.15) is 11.1 Å². The van der Waals surface area contributed by atoms with Crippen LogP contribution in [0.25, 0.3) is 0 Å². The zero-order chi connectivity index (χ0) is 13.3. The average molecular weight is 299 g/mol. The Labute approximate surface area is 131 Å². The predicted molar refractivity (Wildman–Crippen MR) is 77.8 cm³/mol. The molecule has 0 saturated heterocycles. The normalized spacial score (nSPS) is 9.65. The zero-order valence-electron chi connectivity index (χ0n) is 11.1. The first-order valence-electron chi connectivity index (χ1n) is 6.00. The number of benzene rings is 1. The Bertz CT molecular complexity index is 558. The second-order valence-corrected chi connectivity index (χ2v) is 3.99. The summed E-state index contributed by atoms with van der Waals surface area (Å²) in [5.74, 6) is 0. The number of hydrogen-bond donors (Lipinski definition) is 0. The Morgan fingerprint density at radius 3 is 2.15 bits per heavy atom. The van der Waals surface area contributed by atoms with Crippen LogP contribution in [0.2, 0.25) is 0 Å². The van der Waals surface area contributed by atoms with Crippen LogP contribution < -0.4 is 0 Å². The molecule has 1 nitrogen and oxygen atoms in total. The van der Waals surface area contributed by atoms with E-state index in [1.54, 1.807) is 6.07 Å². The van der Waals surface area contributed by atoms with Gasteiger partial charge < -0.3 is 30.3 Å². The summed E-state index contributed by atoms with van der Waals surface area (Å²) in [4.78, 5) is 4.36. The third-order valence-corrected chi connectivity index (χ3v) is 2.44. The van der Waals surface area contributed by atoms with Gasteiger partial charge in [0.2, 0.25) is 0 Å². The smallest absolute Gasteiger partial charge is 0.0617 e. The van der Waals surface area contributed by atoms with Gasteiger partial charge in [-0.05, 0) is 25.3 Å². The molecule has 3 aromatic rings. The van der Waals surface area contributed by atoms with Crippen molar-refractivity contribution in [2.75, 3.05) is 0 Å². The van der Waals surface area contributed by atoms with Crippen LogP contribution in [0.4, 0.5) is 5.69 Å². The van der Waals surface area contributed by atoms with Gasteiger partial charge in [-0.15, -0.1) is 5.56 Å². The minimum absolute atomic E-state index is 0. The molecule has 0 aliphatic carbocycles. The van der Waals surface area contributed by atoms with E-state index in [2.05, 4.69) is 48.3 Å². The van der Waals surface area contributed by atoms with Crippen molar-refractivity contribution in [3.63, 3.8) is 0 Å². The van der Waals surface area contributed by atoms with E-state index in [0.29, 0.717) is 0 Å². The molecule has 0 unspecified atom stereocenters. The monoisotopic (exact) mass is 299 g/mol. The minimum atomic E-state index is 0. The molecular weight excluding hydrogens is 286 g/mol. The molecule has 0 aromatic heterocycles. The minimum Gasteiger partial charge on any atom is -0.999 e. The van der Waals surface area contributed by atoms with E-state index in [9.17, 15) is 0 Å². The third kappa shape index (κ3) is 5.83. The van der Waals surface area contributed by atoms with Crippen LogP contribution in [-0.2, 0) is 17.1 Å². The molecule has 0 fully saturated rings. The molecule has 3 rings (SSSR count). The van der Waals surface area contributed by atoms with Crippen molar-refractivity contribution >= 4 is 11.9 Å². The van der Waals surface area contributed by atoms with Gasteiger partial charge in [-0.2, -0.15) is 12.1 Å². The molecular formula is C18H13FeN-6. The Morgan fingerprint density at radius 1 is 1.05 bits per heavy atom. The molecule has 0 atom stereocenters. The van der Waals surface area contributed by atoms with Gasteiger partial charge in [-0.25, -0.2) is 12.1 Å². The van der Waals surface area contributed by atoms with E-state index in [-0.39, 0.29) is 17.1 Å². The van der Waals surface area contributed by atoms with Crippen molar-refractivity contribution in [3.8, 4) is 0 Å². The number of hydrogen-bond acceptors (Lipinski definition) is 1. The summed E-state index contributed by atoms with van der Waals surface area (Å²) in [5, 5.41) is 0. The summed E-state index contributed by atoms with van der Waals surface area (Å²) in [6.07, 6.45) is 1.88. The van der Waals surface area contributed by atoms with Crippen LogP contribution >= 0.6 is 0 Å². The summed E-state index contributed by atoms with van der Waals surface area (Å²) < 4.78 is 0. The summed E-state index contributed by atoms with van der Waals surface area (Å²) in [5.41, 5.74) is 3.40. The van der Waals surface area contributed by atoms with E-state index in [4.69, 9.17) is 0 Å². The van der Waals surface area contributed by atoms with Gasteiger partial charge in [0, 0.05) is 17.1 Å².